The zero-order chi connectivity index (χ0) is 38.7. The van der Waals surface area contributed by atoms with E-state index in [2.05, 4.69) is 14.4 Å². The molecule has 24 heteroatoms. The molecule has 1 fully saturated rings. The second kappa shape index (κ2) is 12.9. The third-order valence-electron chi connectivity index (χ3n) is 7.36. The fourth-order valence-corrected chi connectivity index (χ4v) is 5.70. The van der Waals surface area contributed by atoms with Gasteiger partial charge in [-0.1, -0.05) is 31.5 Å². The largest absolute Gasteiger partial charge is 0.450 e. The van der Waals surface area contributed by atoms with Crippen molar-refractivity contribution in [1.29, 1.82) is 5.26 Å². The van der Waals surface area contributed by atoms with Crippen molar-refractivity contribution < 1.29 is 70.8 Å². The van der Waals surface area contributed by atoms with E-state index < -0.39 is 81.0 Å². The van der Waals surface area contributed by atoms with Crippen LogP contribution in [0.25, 0.3) is 16.9 Å². The van der Waals surface area contributed by atoms with E-state index in [1.807, 2.05) is 6.07 Å². The van der Waals surface area contributed by atoms with Crippen LogP contribution < -0.4 is 4.18 Å². The first-order valence-corrected chi connectivity index (χ1v) is 15.7. The Labute approximate surface area is 285 Å². The lowest BCUT2D eigenvalue weighted by Gasteiger charge is -2.28. The Morgan fingerprint density at radius 3 is 2.14 bits per heavy atom. The summed E-state index contributed by atoms with van der Waals surface area (Å²) in [5.41, 5.74) is -4.02. The predicted molar refractivity (Wildman–Crippen MR) is 151 cm³/mol. The third kappa shape index (κ3) is 7.02. The maximum atomic E-state index is 14.3. The topological polar surface area (TPSA) is 149 Å². The highest BCUT2D eigenvalue weighted by Crippen LogP contribution is 2.51. The summed E-state index contributed by atoms with van der Waals surface area (Å²) >= 11 is 6.26. The molecule has 1 saturated carbocycles. The van der Waals surface area contributed by atoms with E-state index in [4.69, 9.17) is 16.3 Å². The number of nitrogens with zero attached hydrogens (tertiary/aromatic N) is 6. The van der Waals surface area contributed by atoms with Gasteiger partial charge in [0.05, 0.1) is 28.8 Å². The van der Waals surface area contributed by atoms with Crippen molar-refractivity contribution in [3.8, 4) is 28.9 Å². The maximum Gasteiger partial charge on any atom is 0.450 e. The molecule has 1 amide bonds. The maximum absolute atomic E-state index is 14.3. The number of ether oxygens (including phenoxy) is 1. The van der Waals surface area contributed by atoms with Gasteiger partial charge in [0.15, 0.2) is 18.1 Å². The molecule has 0 spiro atoms. The van der Waals surface area contributed by atoms with Crippen LogP contribution in [0.3, 0.4) is 0 Å². The molecule has 0 radical (unpaired) electrons. The summed E-state index contributed by atoms with van der Waals surface area (Å²) in [6, 6.07) is 5.58. The highest BCUT2D eigenvalue weighted by atomic mass is 35.5. The fourth-order valence-electron chi connectivity index (χ4n) is 4.50. The average molecular weight is 783 g/mol. The number of aromatic nitrogens is 4. The van der Waals surface area contributed by atoms with E-state index in [-0.39, 0.29) is 39.2 Å². The third-order valence-corrected chi connectivity index (χ3v) is 9.22. The number of nitriles is 1. The Morgan fingerprint density at radius 2 is 1.65 bits per heavy atom. The molecule has 3 aromatic rings. The summed E-state index contributed by atoms with van der Waals surface area (Å²) < 4.78 is 169. The summed E-state index contributed by atoms with van der Waals surface area (Å²) in [6.07, 6.45) is -18.1. The lowest BCUT2D eigenvalue weighted by atomic mass is 10.0. The molecule has 2 heterocycles. The number of aryl methyl sites for hydroxylation is 1. The minimum Gasteiger partial charge on any atom is -0.444 e. The van der Waals surface area contributed by atoms with Crippen LogP contribution in [0.4, 0.5) is 43.9 Å². The van der Waals surface area contributed by atoms with E-state index in [1.165, 1.54) is 26.0 Å². The minimum absolute atomic E-state index is 0.0299. The van der Waals surface area contributed by atoms with Crippen molar-refractivity contribution in [2.24, 2.45) is 13.0 Å². The van der Waals surface area contributed by atoms with Gasteiger partial charge in [0.1, 0.15) is 5.54 Å². The van der Waals surface area contributed by atoms with Gasteiger partial charge in [0.2, 0.25) is 0 Å². The van der Waals surface area contributed by atoms with E-state index >= 15 is 0 Å². The van der Waals surface area contributed by atoms with Gasteiger partial charge >= 0.3 is 39.6 Å². The van der Waals surface area contributed by atoms with Crippen LogP contribution in [0.5, 0.6) is 5.88 Å². The number of hydrogen-bond donors (Lipinski definition) is 0. The molecule has 0 atom stereocenters. The summed E-state index contributed by atoms with van der Waals surface area (Å²) in [4.78, 5) is 26.7. The first kappa shape index (κ1) is 39.2. The summed E-state index contributed by atoms with van der Waals surface area (Å²) in [6.45, 7) is 2.43. The average Bonchev–Trinajstić information content (AvgIpc) is 3.50. The Hall–Kier alpha value is -4.59. The Morgan fingerprint density at radius 1 is 1.06 bits per heavy atom. The molecule has 51 heavy (non-hydrogen) atoms. The molecule has 1 aliphatic carbocycles. The first-order valence-electron chi connectivity index (χ1n) is 13.9. The molecule has 12 nitrogen and oxygen atoms in total. The molecule has 278 valence electrons. The number of carbonyl (C=O) groups excluding carboxylic acids is 2. The number of esters is 1. The number of rotatable bonds is 10. The molecule has 1 aliphatic rings. The molecule has 0 aliphatic heterocycles. The number of hydrogen-bond acceptors (Lipinski definition) is 9. The highest BCUT2D eigenvalue weighted by molar-refractivity contribution is 7.88. The quantitative estimate of drug-likeness (QED) is 0.103. The summed E-state index contributed by atoms with van der Waals surface area (Å²) in [5.74, 6) is -5.84. The fraction of sp³-hybridized carbons (Fsp3) is 0.444. The van der Waals surface area contributed by atoms with Gasteiger partial charge in [-0.25, -0.2) is 13.8 Å². The monoisotopic (exact) mass is 782 g/mol. The van der Waals surface area contributed by atoms with Crippen LogP contribution in [0.2, 0.25) is 5.02 Å². The SMILES string of the molecule is CC(C)C(=O)OCN(C(=O)c1cc(-c2cnn(-c3c(C(F)(F)F)c(OS(=O)(=O)C(F)(C(F)(F)F)C(F)(F)F)nn3C)c2)ccc1Cl)C1(C#N)CC1. The van der Waals surface area contributed by atoms with Gasteiger partial charge < -0.3 is 8.92 Å². The molecule has 4 rings (SSSR count). The molecule has 1 aromatic carbocycles. The van der Waals surface area contributed by atoms with Crippen LogP contribution in [0.15, 0.2) is 30.6 Å². The molecule has 2 aromatic heterocycles. The van der Waals surface area contributed by atoms with Crippen molar-refractivity contribution in [3.63, 3.8) is 0 Å². The minimum atomic E-state index is -7.66. The zero-order valence-corrected chi connectivity index (χ0v) is 27.4. The van der Waals surface area contributed by atoms with E-state index in [0.717, 1.165) is 23.4 Å². The molecular formula is C27H21ClF10N6O6S. The van der Waals surface area contributed by atoms with Crippen LogP contribution in [-0.4, -0.2) is 74.4 Å². The van der Waals surface area contributed by atoms with E-state index in [1.54, 1.807) is 0 Å². The number of carbonyl (C=O) groups is 2. The van der Waals surface area contributed by atoms with Gasteiger partial charge in [0, 0.05) is 18.8 Å². The van der Waals surface area contributed by atoms with Crippen LogP contribution >= 0.6 is 11.6 Å². The molecule has 0 bridgehead atoms. The molecule has 0 saturated heterocycles. The normalized spacial score (nSPS) is 15.0. The predicted octanol–water partition coefficient (Wildman–Crippen LogP) is 6.10. The number of halogens is 11. The van der Waals surface area contributed by atoms with Crippen molar-refractivity contribution in [2.45, 2.75) is 55.8 Å². The number of benzene rings is 1. The van der Waals surface area contributed by atoms with Crippen LogP contribution in [0.1, 0.15) is 42.6 Å². The zero-order valence-electron chi connectivity index (χ0n) is 25.8. The molecular weight excluding hydrogens is 762 g/mol. The Balaban J connectivity index is 1.76. The van der Waals surface area contributed by atoms with Crippen molar-refractivity contribution in [1.82, 2.24) is 24.5 Å². The van der Waals surface area contributed by atoms with Gasteiger partial charge in [-0.15, -0.1) is 5.10 Å². The van der Waals surface area contributed by atoms with Gasteiger partial charge in [-0.2, -0.15) is 58.3 Å². The number of alkyl halides is 10. The van der Waals surface area contributed by atoms with Crippen LogP contribution in [0, 0.1) is 17.2 Å². The van der Waals surface area contributed by atoms with Crippen molar-refractivity contribution in [2.75, 3.05) is 6.73 Å². The second-order valence-electron chi connectivity index (χ2n) is 11.2. The van der Waals surface area contributed by atoms with Gasteiger partial charge in [-0.05, 0) is 30.5 Å². The Bertz CT molecular complexity index is 2000. The Kier molecular flexibility index (Phi) is 9.89. The lowest BCUT2D eigenvalue weighted by molar-refractivity contribution is -0.307. The molecule has 0 unspecified atom stereocenters. The van der Waals surface area contributed by atoms with Crippen LogP contribution in [-0.2, 0) is 32.9 Å². The van der Waals surface area contributed by atoms with Gasteiger partial charge in [-0.3, -0.25) is 14.5 Å². The van der Waals surface area contributed by atoms with E-state index in [9.17, 15) is 67.2 Å². The standard InChI is InChI=1S/C27H21ClF10N6O6S/c1-13(2)22(46)49-12-43(23(11-39)6-7-23)21(45)16-8-14(4-5-17(16)28)15-9-40-44(10-15)20-18(24(29,30)31)19(41-42(20)3)50-51(47,48)25(32,26(33,34)35)27(36,37)38/h4-5,8-10,13H,6-7,12H2,1-3H3. The molecule has 0 N–H and O–H groups in total. The van der Waals surface area contributed by atoms with Gasteiger partial charge in [0.25, 0.3) is 11.8 Å². The highest BCUT2D eigenvalue weighted by Gasteiger charge is 2.82. The van der Waals surface area contributed by atoms with Crippen molar-refractivity contribution >= 4 is 33.6 Å². The number of amides is 1. The first-order chi connectivity index (χ1) is 23.2. The van der Waals surface area contributed by atoms with Crippen molar-refractivity contribution in [3.05, 3.63) is 46.7 Å². The second-order valence-corrected chi connectivity index (χ2v) is 13.3. The smallest absolute Gasteiger partial charge is 0.444 e. The summed E-state index contributed by atoms with van der Waals surface area (Å²) in [5, 5.41) is 9.02. The lowest BCUT2D eigenvalue weighted by Crippen LogP contribution is -2.60. The summed E-state index contributed by atoms with van der Waals surface area (Å²) in [7, 11) is -7.00. The van der Waals surface area contributed by atoms with E-state index in [0.29, 0.717) is 11.7 Å².